The molecule has 1 fully saturated rings. The minimum atomic E-state index is -2.93. The van der Waals surface area contributed by atoms with Gasteiger partial charge in [-0.1, -0.05) is 52.9 Å². The number of hydrogen-bond acceptors (Lipinski definition) is 2. The first-order chi connectivity index (χ1) is 6.62. The van der Waals surface area contributed by atoms with E-state index in [2.05, 4.69) is 0 Å². The Kier molecular flexibility index (Phi) is 2.83. The summed E-state index contributed by atoms with van der Waals surface area (Å²) in [5.41, 5.74) is 0.889. The fraction of sp³-hybridized carbons (Fsp3) is 0.400. The van der Waals surface area contributed by atoms with Gasteiger partial charge in [0.25, 0.3) is 0 Å². The summed E-state index contributed by atoms with van der Waals surface area (Å²) in [6, 6.07) is 9.40. The Morgan fingerprint density at radius 3 is 2.29 bits per heavy atom. The summed E-state index contributed by atoms with van der Waals surface area (Å²) >= 11 is 2.02. The summed E-state index contributed by atoms with van der Waals surface area (Å²) in [5, 5.41) is -0.0791. The van der Waals surface area contributed by atoms with Gasteiger partial charge in [-0.3, -0.25) is 0 Å². The minimum Gasteiger partial charge on any atom is -0.227 e. The summed E-state index contributed by atoms with van der Waals surface area (Å²) in [6.07, 6.45) is 1.68. The quantitative estimate of drug-likeness (QED) is 0.633. The highest BCUT2D eigenvalue weighted by atomic mass is 127. The van der Waals surface area contributed by atoms with Crippen molar-refractivity contribution in [1.82, 2.24) is 0 Å². The van der Waals surface area contributed by atoms with E-state index in [-0.39, 0.29) is 8.51 Å². The summed E-state index contributed by atoms with van der Waals surface area (Å²) in [7, 11) is -2.93. The molecule has 1 aliphatic rings. The van der Waals surface area contributed by atoms with Gasteiger partial charge in [0.2, 0.25) is 0 Å². The maximum absolute atomic E-state index is 11.9. The molecule has 1 aromatic carbocycles. The SMILES string of the molecule is O=S(=O)(C1CC1)C(I)c1ccccc1. The second kappa shape index (κ2) is 3.81. The number of alkyl halides is 1. The molecule has 76 valence electrons. The maximum atomic E-state index is 11.9. The van der Waals surface area contributed by atoms with E-state index in [1.165, 1.54) is 0 Å². The van der Waals surface area contributed by atoms with Crippen molar-refractivity contribution < 1.29 is 8.42 Å². The summed E-state index contributed by atoms with van der Waals surface area (Å²) in [4.78, 5) is 0. The fourth-order valence-electron chi connectivity index (χ4n) is 1.36. The Morgan fingerprint density at radius 1 is 1.21 bits per heavy atom. The molecule has 0 bridgehead atoms. The van der Waals surface area contributed by atoms with E-state index < -0.39 is 9.84 Å². The van der Waals surface area contributed by atoms with E-state index in [0.717, 1.165) is 18.4 Å². The van der Waals surface area contributed by atoms with Gasteiger partial charge in [-0.05, 0) is 18.4 Å². The van der Waals surface area contributed by atoms with Gasteiger partial charge in [0, 0.05) is 0 Å². The van der Waals surface area contributed by atoms with Gasteiger partial charge in [-0.2, -0.15) is 0 Å². The van der Waals surface area contributed by atoms with Crippen LogP contribution in [0, 0.1) is 0 Å². The van der Waals surface area contributed by atoms with Gasteiger partial charge in [0.05, 0.1) is 5.25 Å². The van der Waals surface area contributed by atoms with Crippen LogP contribution in [0.25, 0.3) is 0 Å². The Bertz CT molecular complexity index is 409. The van der Waals surface area contributed by atoms with Gasteiger partial charge < -0.3 is 0 Å². The molecule has 1 unspecified atom stereocenters. The van der Waals surface area contributed by atoms with Gasteiger partial charge in [-0.15, -0.1) is 0 Å². The molecule has 4 heteroatoms. The van der Waals surface area contributed by atoms with Crippen molar-refractivity contribution >= 4 is 32.4 Å². The second-order valence-corrected chi connectivity index (χ2v) is 7.92. The van der Waals surface area contributed by atoms with Crippen LogP contribution in [0.5, 0.6) is 0 Å². The highest BCUT2D eigenvalue weighted by Gasteiger charge is 2.40. The summed E-state index contributed by atoms with van der Waals surface area (Å²) in [6.45, 7) is 0. The van der Waals surface area contributed by atoms with Gasteiger partial charge in [0.15, 0.2) is 9.84 Å². The van der Waals surface area contributed by atoms with E-state index >= 15 is 0 Å². The molecular weight excluding hydrogens is 311 g/mol. The van der Waals surface area contributed by atoms with E-state index in [0.29, 0.717) is 0 Å². The maximum Gasteiger partial charge on any atom is 0.169 e. The molecule has 1 saturated carbocycles. The lowest BCUT2D eigenvalue weighted by Crippen LogP contribution is -2.12. The first kappa shape index (κ1) is 10.4. The Labute approximate surface area is 97.8 Å². The predicted molar refractivity (Wildman–Crippen MR) is 65.1 cm³/mol. The number of rotatable bonds is 3. The van der Waals surface area contributed by atoms with Crippen LogP contribution in [0.3, 0.4) is 0 Å². The Balaban J connectivity index is 2.28. The van der Waals surface area contributed by atoms with E-state index in [4.69, 9.17) is 0 Å². The average Bonchev–Trinajstić information content (AvgIpc) is 3.01. The Hall–Kier alpha value is -0.100. The molecule has 0 N–H and O–H groups in total. The molecule has 2 rings (SSSR count). The zero-order chi connectivity index (χ0) is 10.2. The van der Waals surface area contributed by atoms with E-state index in [9.17, 15) is 8.42 Å². The highest BCUT2D eigenvalue weighted by molar-refractivity contribution is 14.1. The topological polar surface area (TPSA) is 34.1 Å². The minimum absolute atomic E-state index is 0.0791. The molecule has 0 spiro atoms. The first-order valence-electron chi connectivity index (χ1n) is 4.54. The van der Waals surface area contributed by atoms with Crippen molar-refractivity contribution in [2.45, 2.75) is 21.3 Å². The van der Waals surface area contributed by atoms with Crippen molar-refractivity contribution in [2.24, 2.45) is 0 Å². The zero-order valence-electron chi connectivity index (χ0n) is 7.56. The average molecular weight is 322 g/mol. The largest absolute Gasteiger partial charge is 0.227 e. The predicted octanol–water partition coefficient (Wildman–Crippen LogP) is 2.70. The van der Waals surface area contributed by atoms with Gasteiger partial charge in [0.1, 0.15) is 3.26 Å². The molecule has 0 amide bonds. The molecule has 14 heavy (non-hydrogen) atoms. The third-order valence-electron chi connectivity index (χ3n) is 2.34. The van der Waals surface area contributed by atoms with E-state index in [1.807, 2.05) is 52.9 Å². The standard InChI is InChI=1S/C10H11IO2S/c11-10(8-4-2-1-3-5-8)14(12,13)9-6-7-9/h1-5,9-10H,6-7H2. The molecule has 1 aliphatic carbocycles. The number of benzene rings is 1. The van der Waals surface area contributed by atoms with Crippen LogP contribution in [0.1, 0.15) is 21.7 Å². The zero-order valence-corrected chi connectivity index (χ0v) is 10.5. The lowest BCUT2D eigenvalue weighted by Gasteiger charge is -2.10. The van der Waals surface area contributed by atoms with Crippen molar-refractivity contribution in [3.8, 4) is 0 Å². The molecule has 0 radical (unpaired) electrons. The van der Waals surface area contributed by atoms with Crippen LogP contribution in [0.15, 0.2) is 30.3 Å². The highest BCUT2D eigenvalue weighted by Crippen LogP contribution is 2.40. The fourth-order valence-corrected chi connectivity index (χ4v) is 4.69. The number of hydrogen-bond donors (Lipinski definition) is 0. The Morgan fingerprint density at radius 2 is 1.79 bits per heavy atom. The van der Waals surface area contributed by atoms with Crippen LogP contribution >= 0.6 is 22.6 Å². The van der Waals surface area contributed by atoms with Crippen LogP contribution in [0.4, 0.5) is 0 Å². The monoisotopic (exact) mass is 322 g/mol. The van der Waals surface area contributed by atoms with Crippen LogP contribution < -0.4 is 0 Å². The molecule has 0 aliphatic heterocycles. The van der Waals surface area contributed by atoms with Crippen molar-refractivity contribution in [3.63, 3.8) is 0 Å². The van der Waals surface area contributed by atoms with Crippen molar-refractivity contribution in [2.75, 3.05) is 0 Å². The molecule has 1 atom stereocenters. The smallest absolute Gasteiger partial charge is 0.169 e. The summed E-state index contributed by atoms with van der Waals surface area (Å²) in [5.74, 6) is 0. The van der Waals surface area contributed by atoms with Crippen LogP contribution in [-0.4, -0.2) is 13.7 Å². The molecule has 0 heterocycles. The van der Waals surface area contributed by atoms with Crippen molar-refractivity contribution in [1.29, 1.82) is 0 Å². The lowest BCUT2D eigenvalue weighted by molar-refractivity contribution is 0.594. The number of halogens is 1. The van der Waals surface area contributed by atoms with Gasteiger partial charge in [-0.25, -0.2) is 8.42 Å². The van der Waals surface area contributed by atoms with Crippen molar-refractivity contribution in [3.05, 3.63) is 35.9 Å². The third-order valence-corrected chi connectivity index (χ3v) is 7.43. The second-order valence-electron chi connectivity index (χ2n) is 3.52. The van der Waals surface area contributed by atoms with Gasteiger partial charge >= 0.3 is 0 Å². The molecule has 0 aromatic heterocycles. The van der Waals surface area contributed by atoms with Crippen LogP contribution in [-0.2, 0) is 9.84 Å². The van der Waals surface area contributed by atoms with E-state index in [1.54, 1.807) is 0 Å². The summed E-state index contributed by atoms with van der Waals surface area (Å²) < 4.78 is 23.4. The normalized spacial score (nSPS) is 19.2. The van der Waals surface area contributed by atoms with Crippen LogP contribution in [0.2, 0.25) is 0 Å². The molecular formula is C10H11IO2S. The molecule has 2 nitrogen and oxygen atoms in total. The molecule has 0 saturated heterocycles. The third kappa shape index (κ3) is 1.95. The lowest BCUT2D eigenvalue weighted by atomic mass is 10.2. The first-order valence-corrected chi connectivity index (χ1v) is 7.39. The number of sulfone groups is 1. The molecule has 1 aromatic rings.